The molecule has 21 heavy (non-hydrogen) atoms. The van der Waals surface area contributed by atoms with Crippen molar-refractivity contribution in [1.29, 1.82) is 0 Å². The lowest BCUT2D eigenvalue weighted by molar-refractivity contribution is 0.129. The van der Waals surface area contributed by atoms with E-state index in [9.17, 15) is 8.42 Å². The number of anilines is 1. The smallest absolute Gasteiger partial charge is 0.247 e. The van der Waals surface area contributed by atoms with E-state index in [4.69, 9.17) is 5.73 Å². The molecule has 0 bridgehead atoms. The maximum Gasteiger partial charge on any atom is 0.247 e. The number of halogens is 1. The minimum Gasteiger partial charge on any atom is -0.383 e. The first-order valence-electron chi connectivity index (χ1n) is 7.43. The van der Waals surface area contributed by atoms with Crippen LogP contribution in [0.5, 0.6) is 0 Å². The third-order valence-corrected chi connectivity index (χ3v) is 7.01. The van der Waals surface area contributed by atoms with E-state index in [0.717, 1.165) is 32.1 Å². The van der Waals surface area contributed by atoms with Gasteiger partial charge in [0, 0.05) is 23.3 Å². The van der Waals surface area contributed by atoms with E-state index in [1.54, 1.807) is 10.4 Å². The Hall–Kier alpha value is -0.660. The average Bonchev–Trinajstić information content (AvgIpc) is 2.49. The number of sulfonamides is 1. The van der Waals surface area contributed by atoms with Crippen LogP contribution < -0.4 is 5.73 Å². The summed E-state index contributed by atoms with van der Waals surface area (Å²) >= 11 is 3.28. The fourth-order valence-corrected chi connectivity index (χ4v) is 5.97. The number of hydrogen-bond donors (Lipinski definition) is 1. The number of rotatable bonds is 2. The van der Waals surface area contributed by atoms with E-state index in [2.05, 4.69) is 20.9 Å². The van der Waals surface area contributed by atoms with Gasteiger partial charge in [-0.05, 0) is 53.6 Å². The molecular formula is C14H20BrN3O2S. The van der Waals surface area contributed by atoms with Gasteiger partial charge in [-0.3, -0.25) is 0 Å². The first kappa shape index (κ1) is 15.2. The molecule has 1 saturated carbocycles. The number of nitrogens with two attached hydrogens (primary N) is 1. The molecule has 2 N–H and O–H groups in total. The summed E-state index contributed by atoms with van der Waals surface area (Å²) in [6, 6.07) is 1.69. The lowest BCUT2D eigenvalue weighted by atomic mass is 9.79. The predicted octanol–water partition coefficient (Wildman–Crippen LogP) is 2.77. The minimum atomic E-state index is -3.57. The van der Waals surface area contributed by atoms with Gasteiger partial charge in [0.15, 0.2) is 0 Å². The molecule has 1 saturated heterocycles. The summed E-state index contributed by atoms with van der Waals surface area (Å²) in [6.45, 7) is 0.593. The normalized spacial score (nSPS) is 27.3. The van der Waals surface area contributed by atoms with Crippen LogP contribution in [0.15, 0.2) is 21.6 Å². The molecule has 0 amide bonds. The van der Waals surface area contributed by atoms with E-state index in [1.807, 2.05) is 0 Å². The highest BCUT2D eigenvalue weighted by Gasteiger charge is 2.40. The lowest BCUT2D eigenvalue weighted by Gasteiger charge is -2.43. The van der Waals surface area contributed by atoms with Gasteiger partial charge in [-0.2, -0.15) is 4.31 Å². The standard InChI is InChI=1S/C14H20BrN3O2S/c15-11-8-13(14(16)17-9-11)21(19,20)18-7-3-5-10-4-1-2-6-12(10)18/h8-10,12H,1-7H2,(H2,16,17). The zero-order valence-electron chi connectivity index (χ0n) is 11.8. The van der Waals surface area contributed by atoms with E-state index < -0.39 is 10.0 Å². The molecule has 116 valence electrons. The third-order valence-electron chi connectivity index (χ3n) is 4.63. The van der Waals surface area contributed by atoms with Crippen LogP contribution in [0.3, 0.4) is 0 Å². The third kappa shape index (κ3) is 2.83. The van der Waals surface area contributed by atoms with Crippen molar-refractivity contribution in [3.8, 4) is 0 Å². The molecule has 0 radical (unpaired) electrons. The quantitative estimate of drug-likeness (QED) is 0.864. The molecule has 1 aliphatic heterocycles. The summed E-state index contributed by atoms with van der Waals surface area (Å²) < 4.78 is 28.3. The number of aromatic nitrogens is 1. The Morgan fingerprint density at radius 1 is 1.24 bits per heavy atom. The second-order valence-corrected chi connectivity index (χ2v) is 8.68. The van der Waals surface area contributed by atoms with Crippen molar-refractivity contribution in [2.75, 3.05) is 12.3 Å². The predicted molar refractivity (Wildman–Crippen MR) is 85.2 cm³/mol. The van der Waals surface area contributed by atoms with E-state index >= 15 is 0 Å². The molecular weight excluding hydrogens is 354 g/mol. The maximum absolute atomic E-state index is 13.0. The van der Waals surface area contributed by atoms with Crippen LogP contribution in [0.4, 0.5) is 5.82 Å². The van der Waals surface area contributed by atoms with Crippen molar-refractivity contribution < 1.29 is 8.42 Å². The first-order chi connectivity index (χ1) is 10.00. The Labute approximate surface area is 134 Å². The van der Waals surface area contributed by atoms with Crippen LogP contribution in [0.2, 0.25) is 0 Å². The SMILES string of the molecule is Nc1ncc(Br)cc1S(=O)(=O)N1CCCC2CCCCC21. The molecule has 2 atom stereocenters. The molecule has 7 heteroatoms. The van der Waals surface area contributed by atoms with Gasteiger partial charge in [0.1, 0.15) is 10.7 Å². The van der Waals surface area contributed by atoms with Gasteiger partial charge in [-0.15, -0.1) is 0 Å². The molecule has 1 aromatic rings. The van der Waals surface area contributed by atoms with Gasteiger partial charge in [0.2, 0.25) is 10.0 Å². The number of fused-ring (bicyclic) bond motifs is 1. The Morgan fingerprint density at radius 2 is 1.95 bits per heavy atom. The number of hydrogen-bond acceptors (Lipinski definition) is 4. The van der Waals surface area contributed by atoms with E-state index in [-0.39, 0.29) is 16.8 Å². The Bertz CT molecular complexity index is 633. The summed E-state index contributed by atoms with van der Waals surface area (Å²) in [4.78, 5) is 4.10. The van der Waals surface area contributed by atoms with Crippen molar-refractivity contribution in [1.82, 2.24) is 9.29 Å². The summed E-state index contributed by atoms with van der Waals surface area (Å²) in [5, 5.41) is 0. The average molecular weight is 374 g/mol. The van der Waals surface area contributed by atoms with Crippen molar-refractivity contribution in [3.05, 3.63) is 16.7 Å². The zero-order valence-corrected chi connectivity index (χ0v) is 14.2. The monoisotopic (exact) mass is 373 g/mol. The van der Waals surface area contributed by atoms with Gasteiger partial charge >= 0.3 is 0 Å². The van der Waals surface area contributed by atoms with Gasteiger partial charge in [0.05, 0.1) is 0 Å². The summed E-state index contributed by atoms with van der Waals surface area (Å²) in [5.41, 5.74) is 5.81. The zero-order chi connectivity index (χ0) is 15.0. The fraction of sp³-hybridized carbons (Fsp3) is 0.643. The summed E-state index contributed by atoms with van der Waals surface area (Å²) in [5.74, 6) is 0.583. The highest BCUT2D eigenvalue weighted by Crippen LogP contribution is 2.38. The Kier molecular flexibility index (Phi) is 4.25. The second-order valence-electron chi connectivity index (χ2n) is 5.91. The molecule has 0 aromatic carbocycles. The largest absolute Gasteiger partial charge is 0.383 e. The fourth-order valence-electron chi connectivity index (χ4n) is 3.64. The highest BCUT2D eigenvalue weighted by atomic mass is 79.9. The van der Waals surface area contributed by atoms with Crippen LogP contribution in [-0.4, -0.2) is 30.3 Å². The molecule has 1 aromatic heterocycles. The van der Waals surface area contributed by atoms with Crippen molar-refractivity contribution >= 4 is 31.8 Å². The van der Waals surface area contributed by atoms with Crippen LogP contribution in [0, 0.1) is 5.92 Å². The summed E-state index contributed by atoms with van der Waals surface area (Å²) in [7, 11) is -3.57. The number of piperidine rings is 1. The Morgan fingerprint density at radius 3 is 2.76 bits per heavy atom. The minimum absolute atomic E-state index is 0.0798. The first-order valence-corrected chi connectivity index (χ1v) is 9.66. The Balaban J connectivity index is 1.98. The molecule has 1 aliphatic carbocycles. The molecule has 3 rings (SSSR count). The van der Waals surface area contributed by atoms with Crippen LogP contribution in [0.25, 0.3) is 0 Å². The van der Waals surface area contributed by atoms with Gasteiger partial charge in [0.25, 0.3) is 0 Å². The molecule has 5 nitrogen and oxygen atoms in total. The summed E-state index contributed by atoms with van der Waals surface area (Å²) in [6.07, 6.45) is 8.03. The van der Waals surface area contributed by atoms with Crippen LogP contribution in [0.1, 0.15) is 38.5 Å². The number of pyridine rings is 1. The molecule has 0 spiro atoms. The number of nitrogens with zero attached hydrogens (tertiary/aromatic N) is 2. The van der Waals surface area contributed by atoms with Crippen molar-refractivity contribution in [2.24, 2.45) is 5.92 Å². The van der Waals surface area contributed by atoms with Crippen LogP contribution in [-0.2, 0) is 10.0 Å². The molecule has 2 fully saturated rings. The lowest BCUT2D eigenvalue weighted by Crippen LogP contribution is -2.49. The molecule has 2 aliphatic rings. The van der Waals surface area contributed by atoms with Crippen LogP contribution >= 0.6 is 15.9 Å². The topological polar surface area (TPSA) is 76.3 Å². The van der Waals surface area contributed by atoms with Crippen molar-refractivity contribution in [3.63, 3.8) is 0 Å². The van der Waals surface area contributed by atoms with Gasteiger partial charge < -0.3 is 5.73 Å². The van der Waals surface area contributed by atoms with Crippen molar-refractivity contribution in [2.45, 2.75) is 49.5 Å². The molecule has 2 heterocycles. The number of nitrogen functional groups attached to an aromatic ring is 1. The van der Waals surface area contributed by atoms with E-state index in [1.165, 1.54) is 12.6 Å². The molecule has 2 unspecified atom stereocenters. The second kappa shape index (κ2) is 5.85. The van der Waals surface area contributed by atoms with E-state index in [0.29, 0.717) is 16.9 Å². The van der Waals surface area contributed by atoms with Gasteiger partial charge in [-0.1, -0.05) is 12.8 Å². The highest BCUT2D eigenvalue weighted by molar-refractivity contribution is 9.10. The maximum atomic E-state index is 13.0. The van der Waals surface area contributed by atoms with Gasteiger partial charge in [-0.25, -0.2) is 13.4 Å².